The molecule has 2 aromatic carbocycles. The smallest absolute Gasteiger partial charge is 0.307 e. The Morgan fingerprint density at radius 2 is 1.27 bits per heavy atom. The molecule has 0 radical (unpaired) electrons. The fraction of sp³-hybridized carbons (Fsp3) is 0.483. The topological polar surface area (TPSA) is 128 Å². The number of hydrogen-bond acceptors (Lipinski definition) is 5. The predicted octanol–water partition coefficient (Wildman–Crippen LogP) is 2.25. The van der Waals surface area contributed by atoms with Gasteiger partial charge in [0.2, 0.25) is 5.91 Å². The van der Waals surface area contributed by atoms with Gasteiger partial charge in [0.15, 0.2) is 0 Å². The van der Waals surface area contributed by atoms with Crippen LogP contribution in [-0.2, 0) is 40.2 Å². The van der Waals surface area contributed by atoms with Gasteiger partial charge in [-0.05, 0) is 86.0 Å². The van der Waals surface area contributed by atoms with Crippen LogP contribution in [0.1, 0.15) is 35.1 Å². The summed E-state index contributed by atoms with van der Waals surface area (Å²) in [4.78, 5) is 36.3. The molecule has 2 aliphatic rings. The molecule has 198 valence electrons. The molecule has 0 aliphatic carbocycles. The van der Waals surface area contributed by atoms with E-state index in [0.717, 1.165) is 61.3 Å². The van der Waals surface area contributed by atoms with Crippen LogP contribution in [0.3, 0.4) is 0 Å². The number of amides is 1. The highest BCUT2D eigenvalue weighted by Gasteiger charge is 2.31. The van der Waals surface area contributed by atoms with Gasteiger partial charge in [0.25, 0.3) is 0 Å². The summed E-state index contributed by atoms with van der Waals surface area (Å²) >= 11 is 0. The van der Waals surface area contributed by atoms with Crippen LogP contribution in [-0.4, -0.2) is 54.2 Å². The van der Waals surface area contributed by atoms with Gasteiger partial charge in [-0.2, -0.15) is 0 Å². The molecular formula is C29H37N3O5. The van der Waals surface area contributed by atoms with E-state index in [1.165, 1.54) is 0 Å². The zero-order valence-electron chi connectivity index (χ0n) is 21.1. The van der Waals surface area contributed by atoms with Gasteiger partial charge in [-0.15, -0.1) is 0 Å². The number of rotatable bonds is 12. The lowest BCUT2D eigenvalue weighted by molar-refractivity contribution is -0.144. The first kappa shape index (κ1) is 26.8. The monoisotopic (exact) mass is 507 g/mol. The predicted molar refractivity (Wildman–Crippen MR) is 140 cm³/mol. The molecule has 0 saturated carbocycles. The summed E-state index contributed by atoms with van der Waals surface area (Å²) in [5, 5.41) is 28.9. The first-order valence-electron chi connectivity index (χ1n) is 13.2. The summed E-state index contributed by atoms with van der Waals surface area (Å²) in [5.41, 5.74) is 3.68. The molecule has 0 unspecified atom stereocenters. The van der Waals surface area contributed by atoms with Crippen LogP contribution in [0.25, 0.3) is 0 Å². The Morgan fingerprint density at radius 3 is 1.76 bits per heavy atom. The Balaban J connectivity index is 1.31. The number of benzene rings is 2. The molecular weight excluding hydrogens is 470 g/mol. The van der Waals surface area contributed by atoms with Gasteiger partial charge in [0, 0.05) is 6.54 Å². The summed E-state index contributed by atoms with van der Waals surface area (Å²) in [5.74, 6) is -2.23. The minimum atomic E-state index is -0.770. The fourth-order valence-corrected chi connectivity index (χ4v) is 5.64. The highest BCUT2D eigenvalue weighted by atomic mass is 16.4. The van der Waals surface area contributed by atoms with Crippen LogP contribution >= 0.6 is 0 Å². The molecule has 8 nitrogen and oxygen atoms in total. The SMILES string of the molecule is O=C(Cc1cccc(C[C@H](C(=O)O)[C@H]2CCNC2)c1)NCc1cccc(C[C@H](C(=O)O)[C@H]2CCNC2)c1. The summed E-state index contributed by atoms with van der Waals surface area (Å²) in [7, 11) is 0. The first-order chi connectivity index (χ1) is 17.9. The number of carbonyl (C=O) groups is 3. The maximum Gasteiger partial charge on any atom is 0.307 e. The van der Waals surface area contributed by atoms with E-state index in [-0.39, 0.29) is 24.2 Å². The second kappa shape index (κ2) is 12.8. The lowest BCUT2D eigenvalue weighted by atomic mass is 9.86. The van der Waals surface area contributed by atoms with Crippen molar-refractivity contribution in [1.29, 1.82) is 0 Å². The highest BCUT2D eigenvalue weighted by molar-refractivity contribution is 5.78. The molecule has 2 aromatic rings. The minimum Gasteiger partial charge on any atom is -0.481 e. The Bertz CT molecular complexity index is 1090. The van der Waals surface area contributed by atoms with Gasteiger partial charge < -0.3 is 26.2 Å². The van der Waals surface area contributed by atoms with Crippen molar-refractivity contribution in [3.05, 3.63) is 70.8 Å². The average molecular weight is 508 g/mol. The summed E-state index contributed by atoms with van der Waals surface area (Å²) < 4.78 is 0. The molecule has 5 N–H and O–H groups in total. The zero-order valence-corrected chi connectivity index (χ0v) is 21.1. The van der Waals surface area contributed by atoms with Crippen molar-refractivity contribution >= 4 is 17.8 Å². The molecule has 0 spiro atoms. The van der Waals surface area contributed by atoms with Gasteiger partial charge >= 0.3 is 11.9 Å². The van der Waals surface area contributed by atoms with Crippen LogP contribution in [0.15, 0.2) is 48.5 Å². The van der Waals surface area contributed by atoms with Crippen molar-refractivity contribution in [2.45, 2.75) is 38.6 Å². The number of nitrogens with one attached hydrogen (secondary N) is 3. The highest BCUT2D eigenvalue weighted by Crippen LogP contribution is 2.25. The second-order valence-corrected chi connectivity index (χ2v) is 10.4. The Morgan fingerprint density at radius 1 is 0.784 bits per heavy atom. The standard InChI is InChI=1S/C29H37N3O5/c33-27(15-21-5-1-3-19(11-21)13-25(28(34)35)23-7-9-30-17-23)32-16-22-6-2-4-20(12-22)14-26(29(36)37)24-8-10-31-18-24/h1-6,11-12,23-26,30-31H,7-10,13-18H2,(H,32,33)(H,34,35)(H,36,37)/t23-,24-,25-,26-/m0/s1. The van der Waals surface area contributed by atoms with Crippen LogP contribution in [0, 0.1) is 23.7 Å². The van der Waals surface area contributed by atoms with E-state index in [2.05, 4.69) is 16.0 Å². The molecule has 1 amide bonds. The van der Waals surface area contributed by atoms with Crippen LogP contribution in [0.2, 0.25) is 0 Å². The lowest BCUT2D eigenvalue weighted by Crippen LogP contribution is -2.28. The van der Waals surface area contributed by atoms with E-state index in [1.54, 1.807) is 0 Å². The van der Waals surface area contributed by atoms with Gasteiger partial charge in [-0.25, -0.2) is 0 Å². The molecule has 0 bridgehead atoms. The van der Waals surface area contributed by atoms with E-state index in [4.69, 9.17) is 0 Å². The first-order valence-corrected chi connectivity index (χ1v) is 13.2. The second-order valence-electron chi connectivity index (χ2n) is 10.4. The van der Waals surface area contributed by atoms with Gasteiger partial charge in [-0.1, -0.05) is 48.5 Å². The molecule has 8 heteroatoms. The number of hydrogen-bond donors (Lipinski definition) is 5. The number of carboxylic acid groups (broad SMARTS) is 2. The fourth-order valence-electron chi connectivity index (χ4n) is 5.64. The summed E-state index contributed by atoms with van der Waals surface area (Å²) in [6.45, 7) is 3.56. The van der Waals surface area contributed by atoms with Crippen molar-refractivity contribution in [2.24, 2.45) is 23.7 Å². The third kappa shape index (κ3) is 7.63. The van der Waals surface area contributed by atoms with Crippen molar-refractivity contribution in [3.8, 4) is 0 Å². The maximum absolute atomic E-state index is 12.7. The molecule has 4 atom stereocenters. The summed E-state index contributed by atoms with van der Waals surface area (Å²) in [6.07, 6.45) is 2.90. The van der Waals surface area contributed by atoms with Crippen molar-refractivity contribution in [1.82, 2.24) is 16.0 Å². The number of carboxylic acids is 2. The van der Waals surface area contributed by atoms with Gasteiger partial charge in [0.1, 0.15) is 0 Å². The third-order valence-electron chi connectivity index (χ3n) is 7.72. The van der Waals surface area contributed by atoms with E-state index >= 15 is 0 Å². The van der Waals surface area contributed by atoms with E-state index < -0.39 is 23.8 Å². The third-order valence-corrected chi connectivity index (χ3v) is 7.72. The zero-order chi connectivity index (χ0) is 26.2. The van der Waals surface area contributed by atoms with Gasteiger partial charge in [0.05, 0.1) is 18.3 Å². The van der Waals surface area contributed by atoms with Crippen molar-refractivity contribution < 1.29 is 24.6 Å². The summed E-state index contributed by atoms with van der Waals surface area (Å²) in [6, 6.07) is 15.4. The Labute approximate surface area is 217 Å². The molecule has 37 heavy (non-hydrogen) atoms. The normalized spacial score (nSPS) is 20.9. The molecule has 4 rings (SSSR count). The van der Waals surface area contributed by atoms with E-state index in [1.807, 2.05) is 48.5 Å². The van der Waals surface area contributed by atoms with Crippen molar-refractivity contribution in [3.63, 3.8) is 0 Å². The van der Waals surface area contributed by atoms with Crippen LogP contribution in [0.5, 0.6) is 0 Å². The lowest BCUT2D eigenvalue weighted by Gasteiger charge is -2.19. The largest absolute Gasteiger partial charge is 0.481 e. The average Bonchev–Trinajstić information content (AvgIpc) is 3.60. The molecule has 2 aliphatic heterocycles. The maximum atomic E-state index is 12.7. The number of aliphatic carboxylic acids is 2. The van der Waals surface area contributed by atoms with E-state index in [0.29, 0.717) is 19.4 Å². The van der Waals surface area contributed by atoms with Crippen LogP contribution < -0.4 is 16.0 Å². The molecule has 0 aromatic heterocycles. The molecule has 2 heterocycles. The van der Waals surface area contributed by atoms with Crippen LogP contribution in [0.4, 0.5) is 0 Å². The quantitative estimate of drug-likeness (QED) is 0.298. The molecule has 2 fully saturated rings. The minimum absolute atomic E-state index is 0.113. The molecule has 2 saturated heterocycles. The van der Waals surface area contributed by atoms with Gasteiger partial charge in [-0.3, -0.25) is 14.4 Å². The number of carbonyl (C=O) groups excluding carboxylic acids is 1. The van der Waals surface area contributed by atoms with Crippen molar-refractivity contribution in [2.75, 3.05) is 26.2 Å². The van der Waals surface area contributed by atoms with E-state index in [9.17, 15) is 24.6 Å². The Kier molecular flexibility index (Phi) is 9.30. The Hall–Kier alpha value is -3.23.